The van der Waals surface area contributed by atoms with Gasteiger partial charge in [-0.3, -0.25) is 4.79 Å². The van der Waals surface area contributed by atoms with Gasteiger partial charge < -0.3 is 10.4 Å². The SMILES string of the molecule is CCC(O)CCNC(=O)C(C)CC. The third-order valence-corrected chi connectivity index (χ3v) is 2.31. The van der Waals surface area contributed by atoms with E-state index in [0.717, 1.165) is 12.8 Å². The molecule has 0 rings (SSSR count). The van der Waals surface area contributed by atoms with Gasteiger partial charge in [-0.15, -0.1) is 0 Å². The number of aliphatic hydroxyl groups is 1. The van der Waals surface area contributed by atoms with Crippen molar-refractivity contribution in [2.45, 2.75) is 46.1 Å². The van der Waals surface area contributed by atoms with E-state index in [1.54, 1.807) is 0 Å². The van der Waals surface area contributed by atoms with Crippen LogP contribution in [0.5, 0.6) is 0 Å². The molecule has 1 amide bonds. The minimum Gasteiger partial charge on any atom is -0.393 e. The quantitative estimate of drug-likeness (QED) is 0.658. The molecule has 0 aromatic carbocycles. The lowest BCUT2D eigenvalue weighted by molar-refractivity contribution is -0.124. The average Bonchev–Trinajstić information content (AvgIpc) is 2.15. The molecule has 2 unspecified atom stereocenters. The van der Waals surface area contributed by atoms with Crippen molar-refractivity contribution in [3.63, 3.8) is 0 Å². The molecule has 0 aliphatic carbocycles. The van der Waals surface area contributed by atoms with Crippen LogP contribution in [0.2, 0.25) is 0 Å². The maximum absolute atomic E-state index is 11.3. The molecule has 0 radical (unpaired) electrons. The van der Waals surface area contributed by atoms with Crippen molar-refractivity contribution >= 4 is 5.91 Å². The first-order chi connectivity index (χ1) is 6.11. The van der Waals surface area contributed by atoms with Gasteiger partial charge in [-0.25, -0.2) is 0 Å². The van der Waals surface area contributed by atoms with Crippen LogP contribution >= 0.6 is 0 Å². The highest BCUT2D eigenvalue weighted by molar-refractivity contribution is 5.78. The van der Waals surface area contributed by atoms with Gasteiger partial charge >= 0.3 is 0 Å². The van der Waals surface area contributed by atoms with E-state index < -0.39 is 0 Å². The Morgan fingerprint density at radius 3 is 2.46 bits per heavy atom. The molecule has 0 aliphatic heterocycles. The van der Waals surface area contributed by atoms with Crippen LogP contribution in [-0.4, -0.2) is 23.7 Å². The molecule has 2 N–H and O–H groups in total. The lowest BCUT2D eigenvalue weighted by Crippen LogP contribution is -2.31. The lowest BCUT2D eigenvalue weighted by atomic mass is 10.1. The van der Waals surface area contributed by atoms with Gasteiger partial charge in [0.1, 0.15) is 0 Å². The summed E-state index contributed by atoms with van der Waals surface area (Å²) in [6.07, 6.45) is 1.98. The van der Waals surface area contributed by atoms with Crippen LogP contribution < -0.4 is 5.32 Å². The van der Waals surface area contributed by atoms with E-state index in [1.807, 2.05) is 20.8 Å². The molecule has 0 heterocycles. The number of carbonyl (C=O) groups excluding carboxylic acids is 1. The predicted molar refractivity (Wildman–Crippen MR) is 53.4 cm³/mol. The Balaban J connectivity index is 3.47. The first-order valence-corrected chi connectivity index (χ1v) is 5.07. The summed E-state index contributed by atoms with van der Waals surface area (Å²) in [5, 5.41) is 12.0. The molecule has 0 bridgehead atoms. The highest BCUT2D eigenvalue weighted by Crippen LogP contribution is 2.00. The first kappa shape index (κ1) is 12.4. The zero-order valence-corrected chi connectivity index (χ0v) is 8.84. The number of carbonyl (C=O) groups is 1. The molecule has 0 saturated carbocycles. The minimum atomic E-state index is -0.280. The molecule has 0 spiro atoms. The van der Waals surface area contributed by atoms with Crippen LogP contribution in [0.15, 0.2) is 0 Å². The summed E-state index contributed by atoms with van der Waals surface area (Å²) >= 11 is 0. The molecule has 0 aliphatic rings. The van der Waals surface area contributed by atoms with Gasteiger partial charge in [0, 0.05) is 12.5 Å². The smallest absolute Gasteiger partial charge is 0.222 e. The molecule has 2 atom stereocenters. The van der Waals surface area contributed by atoms with E-state index in [-0.39, 0.29) is 17.9 Å². The molecule has 0 saturated heterocycles. The summed E-state index contributed by atoms with van der Waals surface area (Å²) < 4.78 is 0. The Morgan fingerprint density at radius 2 is 2.00 bits per heavy atom. The van der Waals surface area contributed by atoms with E-state index in [1.165, 1.54) is 0 Å². The van der Waals surface area contributed by atoms with Crippen LogP contribution in [0.4, 0.5) is 0 Å². The van der Waals surface area contributed by atoms with Crippen LogP contribution in [-0.2, 0) is 4.79 Å². The van der Waals surface area contributed by atoms with Crippen LogP contribution in [0, 0.1) is 5.92 Å². The molecule has 78 valence electrons. The Bertz CT molecular complexity index is 148. The fourth-order valence-corrected chi connectivity index (χ4v) is 0.926. The Labute approximate surface area is 80.5 Å². The summed E-state index contributed by atoms with van der Waals surface area (Å²) in [7, 11) is 0. The van der Waals surface area contributed by atoms with Gasteiger partial charge in [0.15, 0.2) is 0 Å². The van der Waals surface area contributed by atoms with Crippen LogP contribution in [0.3, 0.4) is 0 Å². The third-order valence-electron chi connectivity index (χ3n) is 2.31. The second kappa shape index (κ2) is 6.89. The minimum absolute atomic E-state index is 0.0822. The topological polar surface area (TPSA) is 49.3 Å². The van der Waals surface area contributed by atoms with Crippen molar-refractivity contribution in [1.29, 1.82) is 0 Å². The molecule has 3 heteroatoms. The normalized spacial score (nSPS) is 15.1. The second-order valence-electron chi connectivity index (χ2n) is 3.45. The molecule has 3 nitrogen and oxygen atoms in total. The summed E-state index contributed by atoms with van der Waals surface area (Å²) in [4.78, 5) is 11.3. The fourth-order valence-electron chi connectivity index (χ4n) is 0.926. The maximum atomic E-state index is 11.3. The Kier molecular flexibility index (Phi) is 6.59. The predicted octanol–water partition coefficient (Wildman–Crippen LogP) is 1.31. The average molecular weight is 187 g/mol. The molecule has 0 fully saturated rings. The Hall–Kier alpha value is -0.570. The van der Waals surface area contributed by atoms with Gasteiger partial charge in [0.25, 0.3) is 0 Å². The van der Waals surface area contributed by atoms with E-state index in [2.05, 4.69) is 5.32 Å². The molecular formula is C10H21NO2. The van der Waals surface area contributed by atoms with Crippen molar-refractivity contribution < 1.29 is 9.90 Å². The van der Waals surface area contributed by atoms with Crippen molar-refractivity contribution in [3.05, 3.63) is 0 Å². The lowest BCUT2D eigenvalue weighted by Gasteiger charge is -2.11. The Morgan fingerprint density at radius 1 is 1.38 bits per heavy atom. The van der Waals surface area contributed by atoms with Crippen molar-refractivity contribution in [2.24, 2.45) is 5.92 Å². The van der Waals surface area contributed by atoms with E-state index >= 15 is 0 Å². The monoisotopic (exact) mass is 187 g/mol. The molecular weight excluding hydrogens is 166 g/mol. The summed E-state index contributed by atoms with van der Waals surface area (Å²) in [6, 6.07) is 0. The number of nitrogens with one attached hydrogen (secondary N) is 1. The molecule has 13 heavy (non-hydrogen) atoms. The van der Waals surface area contributed by atoms with Crippen molar-refractivity contribution in [3.8, 4) is 0 Å². The highest BCUT2D eigenvalue weighted by atomic mass is 16.3. The zero-order chi connectivity index (χ0) is 10.3. The van der Waals surface area contributed by atoms with E-state index in [0.29, 0.717) is 13.0 Å². The zero-order valence-electron chi connectivity index (χ0n) is 8.84. The number of hydrogen-bond donors (Lipinski definition) is 2. The van der Waals surface area contributed by atoms with Gasteiger partial charge in [0.2, 0.25) is 5.91 Å². The standard InChI is InChI=1S/C10H21NO2/c1-4-8(3)10(13)11-7-6-9(12)5-2/h8-9,12H,4-7H2,1-3H3,(H,11,13). The van der Waals surface area contributed by atoms with Crippen molar-refractivity contribution in [2.75, 3.05) is 6.54 Å². The fraction of sp³-hybridized carbons (Fsp3) is 0.900. The van der Waals surface area contributed by atoms with E-state index in [4.69, 9.17) is 0 Å². The highest BCUT2D eigenvalue weighted by Gasteiger charge is 2.09. The third kappa shape index (κ3) is 5.64. The van der Waals surface area contributed by atoms with Crippen molar-refractivity contribution in [1.82, 2.24) is 5.32 Å². The summed E-state index contributed by atoms with van der Waals surface area (Å²) in [6.45, 7) is 6.41. The molecule has 0 aromatic rings. The van der Waals surface area contributed by atoms with Gasteiger partial charge in [-0.05, 0) is 19.3 Å². The number of rotatable bonds is 6. The number of amides is 1. The number of hydrogen-bond acceptors (Lipinski definition) is 2. The van der Waals surface area contributed by atoms with Gasteiger partial charge in [-0.2, -0.15) is 0 Å². The van der Waals surface area contributed by atoms with Gasteiger partial charge in [0.05, 0.1) is 6.10 Å². The van der Waals surface area contributed by atoms with E-state index in [9.17, 15) is 9.90 Å². The molecule has 0 aromatic heterocycles. The second-order valence-corrected chi connectivity index (χ2v) is 3.45. The first-order valence-electron chi connectivity index (χ1n) is 5.07. The van der Waals surface area contributed by atoms with Crippen LogP contribution in [0.1, 0.15) is 40.0 Å². The number of aliphatic hydroxyl groups excluding tert-OH is 1. The van der Waals surface area contributed by atoms with Gasteiger partial charge in [-0.1, -0.05) is 20.8 Å². The largest absolute Gasteiger partial charge is 0.393 e. The summed E-state index contributed by atoms with van der Waals surface area (Å²) in [5.41, 5.74) is 0. The maximum Gasteiger partial charge on any atom is 0.222 e. The summed E-state index contributed by atoms with van der Waals surface area (Å²) in [5.74, 6) is 0.171. The van der Waals surface area contributed by atoms with Crippen LogP contribution in [0.25, 0.3) is 0 Å².